The summed E-state index contributed by atoms with van der Waals surface area (Å²) in [7, 11) is 0. The van der Waals surface area contributed by atoms with Crippen LogP contribution in [0.25, 0.3) is 0 Å². The lowest BCUT2D eigenvalue weighted by Gasteiger charge is -2.40. The minimum Gasteiger partial charge on any atom is -0.115 e. The minimum atomic E-state index is -1.28. The molecular weight excluding hydrogens is 355 g/mol. The van der Waals surface area contributed by atoms with Gasteiger partial charge in [0.2, 0.25) is 0 Å². The van der Waals surface area contributed by atoms with Gasteiger partial charge >= 0.3 is 0 Å². The van der Waals surface area contributed by atoms with Gasteiger partial charge in [0.05, 0.1) is 0 Å². The quantitative estimate of drug-likeness (QED) is 0.283. The molecule has 23 heavy (non-hydrogen) atoms. The maximum atomic E-state index is 6.52. The van der Waals surface area contributed by atoms with Gasteiger partial charge in [-0.3, -0.25) is 0 Å². The van der Waals surface area contributed by atoms with E-state index in [4.69, 9.17) is 11.8 Å². The number of rotatable bonds is 6. The number of thioether (sulfide) groups is 1. The van der Waals surface area contributed by atoms with Crippen molar-refractivity contribution in [3.8, 4) is 0 Å². The fourth-order valence-electron chi connectivity index (χ4n) is 4.08. The second-order valence-electron chi connectivity index (χ2n) is 6.93. The molecule has 2 aliphatic carbocycles. The molecule has 0 saturated heterocycles. The molecule has 2 saturated carbocycles. The zero-order valence-electron chi connectivity index (χ0n) is 14.0. The molecular formula is C19H29PS3. The highest BCUT2D eigenvalue weighted by Crippen LogP contribution is 2.72. The van der Waals surface area contributed by atoms with Crippen LogP contribution in [0.15, 0.2) is 35.2 Å². The van der Waals surface area contributed by atoms with Gasteiger partial charge in [0.1, 0.15) is 0 Å². The van der Waals surface area contributed by atoms with E-state index < -0.39 is 5.24 Å². The lowest BCUT2D eigenvalue weighted by molar-refractivity contribution is 0.488. The maximum Gasteiger partial charge on any atom is 0.0488 e. The Labute approximate surface area is 155 Å². The zero-order valence-corrected chi connectivity index (χ0v) is 17.3. The first-order chi connectivity index (χ1) is 11.3. The molecule has 0 radical (unpaired) electrons. The number of hydrogen-bond acceptors (Lipinski definition) is 3. The summed E-state index contributed by atoms with van der Waals surface area (Å²) in [6, 6.07) is 10.9. The molecule has 0 amide bonds. The minimum absolute atomic E-state index is 0.885. The summed E-state index contributed by atoms with van der Waals surface area (Å²) >= 11 is 10.7. The molecule has 1 aromatic rings. The van der Waals surface area contributed by atoms with Crippen LogP contribution >= 0.6 is 28.4 Å². The largest absolute Gasteiger partial charge is 0.115 e. The van der Waals surface area contributed by atoms with E-state index in [9.17, 15) is 0 Å². The number of benzene rings is 1. The van der Waals surface area contributed by atoms with Crippen LogP contribution in [0.1, 0.15) is 64.2 Å². The van der Waals surface area contributed by atoms with Gasteiger partial charge in [-0.05, 0) is 49.1 Å². The number of hydrogen-bond donors (Lipinski definition) is 0. The predicted octanol–water partition coefficient (Wildman–Crippen LogP) is 7.53. The lowest BCUT2D eigenvalue weighted by Crippen LogP contribution is -2.21. The average Bonchev–Trinajstić information content (AvgIpc) is 2.64. The fraction of sp³-hybridized carbons (Fsp3) is 0.684. The summed E-state index contributed by atoms with van der Waals surface area (Å²) in [4.78, 5) is 1.40. The third kappa shape index (κ3) is 5.03. The van der Waals surface area contributed by atoms with Gasteiger partial charge in [0.25, 0.3) is 0 Å². The molecule has 0 atom stereocenters. The van der Waals surface area contributed by atoms with E-state index >= 15 is 0 Å². The monoisotopic (exact) mass is 384 g/mol. The molecule has 0 heterocycles. The van der Waals surface area contributed by atoms with E-state index in [1.165, 1.54) is 69.1 Å². The molecule has 2 aliphatic rings. The Morgan fingerprint density at radius 3 is 1.87 bits per heavy atom. The summed E-state index contributed by atoms with van der Waals surface area (Å²) in [6.07, 6.45) is 14.3. The van der Waals surface area contributed by atoms with Crippen molar-refractivity contribution in [3.63, 3.8) is 0 Å². The van der Waals surface area contributed by atoms with E-state index in [1.54, 1.807) is 0 Å². The van der Waals surface area contributed by atoms with Crippen LogP contribution < -0.4 is 0 Å². The molecule has 2 fully saturated rings. The highest BCUT2D eigenvalue weighted by atomic mass is 32.9. The van der Waals surface area contributed by atoms with Gasteiger partial charge in [0, 0.05) is 15.2 Å². The molecule has 0 bridgehead atoms. The Balaban J connectivity index is 1.65. The first kappa shape index (κ1) is 18.4. The zero-order chi connectivity index (χ0) is 16.0. The Morgan fingerprint density at radius 2 is 1.35 bits per heavy atom. The molecule has 1 aromatic carbocycles. The first-order valence-corrected chi connectivity index (χ1v) is 14.7. The van der Waals surface area contributed by atoms with Crippen molar-refractivity contribution in [1.82, 2.24) is 0 Å². The molecule has 128 valence electrons. The van der Waals surface area contributed by atoms with Crippen LogP contribution in [-0.4, -0.2) is 16.4 Å². The molecule has 0 aliphatic heterocycles. The van der Waals surface area contributed by atoms with E-state index in [0.717, 1.165) is 16.4 Å². The predicted molar refractivity (Wildman–Crippen MR) is 113 cm³/mol. The Morgan fingerprint density at radius 1 is 0.826 bits per heavy atom. The fourth-order valence-corrected chi connectivity index (χ4v) is 15.9. The molecule has 0 unspecified atom stereocenters. The molecule has 0 N–H and O–H groups in total. The Hall–Kier alpha value is 0.570. The van der Waals surface area contributed by atoms with Gasteiger partial charge in [0.15, 0.2) is 0 Å². The Bertz CT molecular complexity index is 483. The van der Waals surface area contributed by atoms with Crippen LogP contribution in [0.2, 0.25) is 0 Å². The first-order valence-electron chi connectivity index (χ1n) is 9.21. The summed E-state index contributed by atoms with van der Waals surface area (Å²) in [6.45, 7) is 0. The van der Waals surface area contributed by atoms with Crippen molar-refractivity contribution in [2.45, 2.75) is 80.4 Å². The van der Waals surface area contributed by atoms with E-state index in [-0.39, 0.29) is 0 Å². The van der Waals surface area contributed by atoms with Crippen molar-refractivity contribution < 1.29 is 0 Å². The van der Waals surface area contributed by atoms with Gasteiger partial charge in [-0.1, -0.05) is 68.5 Å². The molecule has 0 spiro atoms. The maximum absolute atomic E-state index is 6.52. The van der Waals surface area contributed by atoms with Gasteiger partial charge in [-0.15, -0.1) is 23.1 Å². The van der Waals surface area contributed by atoms with E-state index in [2.05, 4.69) is 41.7 Å². The summed E-state index contributed by atoms with van der Waals surface area (Å²) in [5, 5.41) is -0.117. The average molecular weight is 385 g/mol. The van der Waals surface area contributed by atoms with E-state index in [1.807, 2.05) is 11.8 Å². The topological polar surface area (TPSA) is 0 Å². The smallest absolute Gasteiger partial charge is 0.0488 e. The second-order valence-corrected chi connectivity index (χ2v) is 16.7. The summed E-state index contributed by atoms with van der Waals surface area (Å²) in [5.41, 5.74) is 1.77. The van der Waals surface area contributed by atoms with Gasteiger partial charge in [-0.2, -0.15) is 0 Å². The van der Waals surface area contributed by atoms with Crippen LogP contribution in [0, 0.1) is 0 Å². The van der Waals surface area contributed by atoms with Crippen molar-refractivity contribution >= 4 is 40.2 Å². The van der Waals surface area contributed by atoms with Gasteiger partial charge < -0.3 is 0 Å². The molecule has 0 nitrogen and oxygen atoms in total. The normalized spacial score (nSPS) is 21.4. The third-order valence-corrected chi connectivity index (χ3v) is 17.0. The van der Waals surface area contributed by atoms with Crippen LogP contribution in [0.4, 0.5) is 0 Å². The van der Waals surface area contributed by atoms with Crippen LogP contribution in [-0.2, 0) is 11.8 Å². The Kier molecular flexibility index (Phi) is 7.44. The van der Waals surface area contributed by atoms with Crippen molar-refractivity contribution in [1.29, 1.82) is 0 Å². The highest BCUT2D eigenvalue weighted by Gasteiger charge is 2.37. The summed E-state index contributed by atoms with van der Waals surface area (Å²) < 4.78 is 0. The van der Waals surface area contributed by atoms with Crippen LogP contribution in [0.5, 0.6) is 0 Å². The summed E-state index contributed by atoms with van der Waals surface area (Å²) in [5.74, 6) is 0. The molecule has 3 rings (SSSR count). The third-order valence-electron chi connectivity index (χ3n) is 5.39. The van der Waals surface area contributed by atoms with Crippen molar-refractivity contribution in [3.05, 3.63) is 30.3 Å². The van der Waals surface area contributed by atoms with E-state index in [0.29, 0.717) is 0 Å². The van der Waals surface area contributed by atoms with Gasteiger partial charge in [-0.25, -0.2) is 0 Å². The SMILES string of the molecule is S=P(SCSc1ccccc1)(C1CCCCC1)C1CCCCC1. The molecule has 0 aromatic heterocycles. The second kappa shape index (κ2) is 9.32. The van der Waals surface area contributed by atoms with Crippen LogP contribution in [0.3, 0.4) is 0 Å². The lowest BCUT2D eigenvalue weighted by atomic mass is 10.00. The highest BCUT2D eigenvalue weighted by molar-refractivity contribution is 8.72. The van der Waals surface area contributed by atoms with Crippen molar-refractivity contribution in [2.24, 2.45) is 0 Å². The standard InChI is InChI=1S/C19H29PS3/c21-20(17-10-4-1-5-11-17,18-12-6-2-7-13-18)23-16-22-19-14-8-3-9-15-19/h3,8-9,14-15,17-18H,1-2,4-7,10-13,16H2. The van der Waals surface area contributed by atoms with Crippen molar-refractivity contribution in [2.75, 3.05) is 5.08 Å². The molecule has 4 heteroatoms.